The summed E-state index contributed by atoms with van der Waals surface area (Å²) in [6, 6.07) is 12.8. The fourth-order valence-corrected chi connectivity index (χ4v) is 4.95. The molecule has 5 rings (SSSR count). The van der Waals surface area contributed by atoms with Gasteiger partial charge in [-0.05, 0) is 35.9 Å². The minimum Gasteiger partial charge on any atom is -0.481 e. The lowest BCUT2D eigenvalue weighted by molar-refractivity contribution is 0.397. The number of hydrogen-bond acceptors (Lipinski definition) is 7. The lowest BCUT2D eigenvalue weighted by Crippen LogP contribution is -2.23. The molecule has 0 radical (unpaired) electrons. The van der Waals surface area contributed by atoms with Crippen molar-refractivity contribution in [3.63, 3.8) is 0 Å². The van der Waals surface area contributed by atoms with Gasteiger partial charge in [-0.25, -0.2) is 23.1 Å². The van der Waals surface area contributed by atoms with Crippen LogP contribution in [0.3, 0.4) is 0 Å². The van der Waals surface area contributed by atoms with E-state index in [4.69, 9.17) is 4.74 Å². The van der Waals surface area contributed by atoms with Crippen LogP contribution in [0, 0.1) is 0 Å². The minimum atomic E-state index is -3.84. The van der Waals surface area contributed by atoms with E-state index in [1.54, 1.807) is 42.9 Å². The third-order valence-corrected chi connectivity index (χ3v) is 6.90. The first kappa shape index (κ1) is 19.9. The molecule has 0 aliphatic rings. The van der Waals surface area contributed by atoms with Gasteiger partial charge in [0.05, 0.1) is 30.1 Å². The molecule has 0 N–H and O–H groups in total. The average Bonchev–Trinajstić information content (AvgIpc) is 3.30. The van der Waals surface area contributed by atoms with Gasteiger partial charge in [-0.3, -0.25) is 9.20 Å². The molecule has 4 heterocycles. The molecule has 0 atom stereocenters. The normalized spacial score (nSPS) is 11.8. The zero-order valence-corrected chi connectivity index (χ0v) is 17.7. The molecule has 0 saturated carbocycles. The lowest BCUT2D eigenvalue weighted by Gasteiger charge is -2.10. The topological polar surface area (TPSA) is 108 Å². The first-order valence-corrected chi connectivity index (χ1v) is 11.1. The Kier molecular flexibility index (Phi) is 4.71. The summed E-state index contributed by atoms with van der Waals surface area (Å²) in [6.45, 7) is 0.231. The molecular formula is C22H17N5O4S. The van der Waals surface area contributed by atoms with Gasteiger partial charge in [0.1, 0.15) is 10.7 Å². The van der Waals surface area contributed by atoms with Crippen molar-refractivity contribution < 1.29 is 13.2 Å². The maximum absolute atomic E-state index is 13.3. The third kappa shape index (κ3) is 3.30. The summed E-state index contributed by atoms with van der Waals surface area (Å²) in [4.78, 5) is 21.3. The van der Waals surface area contributed by atoms with Crippen LogP contribution in [0.25, 0.3) is 16.4 Å². The van der Waals surface area contributed by atoms with E-state index in [9.17, 15) is 13.2 Å². The molecule has 0 bridgehead atoms. The van der Waals surface area contributed by atoms with Crippen molar-refractivity contribution >= 4 is 26.3 Å². The number of benzene rings is 1. The van der Waals surface area contributed by atoms with E-state index in [2.05, 4.69) is 15.1 Å². The Hall–Kier alpha value is -4.05. The lowest BCUT2D eigenvalue weighted by atomic mass is 10.2. The Balaban J connectivity index is 1.54. The molecule has 1 aromatic carbocycles. The minimum absolute atomic E-state index is 0.0736. The fourth-order valence-electron chi connectivity index (χ4n) is 3.50. The van der Waals surface area contributed by atoms with E-state index in [0.29, 0.717) is 22.3 Å². The zero-order chi connectivity index (χ0) is 22.3. The van der Waals surface area contributed by atoms with Crippen LogP contribution in [-0.2, 0) is 16.4 Å². The summed E-state index contributed by atoms with van der Waals surface area (Å²) < 4.78 is 34.4. The summed E-state index contributed by atoms with van der Waals surface area (Å²) >= 11 is 0. The smallest absolute Gasteiger partial charge is 0.274 e. The fraction of sp³-hybridized carbons (Fsp3) is 0.0909. The maximum atomic E-state index is 13.3. The number of aromatic nitrogens is 5. The van der Waals surface area contributed by atoms with Gasteiger partial charge in [0, 0.05) is 30.0 Å². The van der Waals surface area contributed by atoms with Crippen LogP contribution in [0.2, 0.25) is 0 Å². The van der Waals surface area contributed by atoms with Gasteiger partial charge in [0.25, 0.3) is 5.56 Å². The van der Waals surface area contributed by atoms with Crippen molar-refractivity contribution in [3.8, 4) is 5.88 Å². The van der Waals surface area contributed by atoms with Gasteiger partial charge >= 0.3 is 0 Å². The molecule has 32 heavy (non-hydrogen) atoms. The Labute approximate surface area is 182 Å². The monoisotopic (exact) mass is 447 g/mol. The van der Waals surface area contributed by atoms with Crippen molar-refractivity contribution in [2.45, 2.75) is 16.5 Å². The number of methoxy groups -OCH3 is 1. The number of ether oxygens (including phenoxy) is 1. The molecule has 9 nitrogen and oxygen atoms in total. The second-order valence-corrected chi connectivity index (χ2v) is 8.98. The number of sulfone groups is 1. The van der Waals surface area contributed by atoms with Crippen LogP contribution in [0.15, 0.2) is 88.0 Å². The Bertz CT molecular complexity index is 1620. The highest BCUT2D eigenvalue weighted by molar-refractivity contribution is 7.91. The predicted molar refractivity (Wildman–Crippen MR) is 117 cm³/mol. The van der Waals surface area contributed by atoms with Crippen molar-refractivity contribution in [1.29, 1.82) is 0 Å². The van der Waals surface area contributed by atoms with Gasteiger partial charge in [-0.2, -0.15) is 5.10 Å². The van der Waals surface area contributed by atoms with Gasteiger partial charge < -0.3 is 4.74 Å². The number of nitrogens with zero attached hydrogens (tertiary/aromatic N) is 5. The largest absolute Gasteiger partial charge is 0.481 e. The molecule has 10 heteroatoms. The number of pyridine rings is 2. The molecule has 0 saturated heterocycles. The van der Waals surface area contributed by atoms with Gasteiger partial charge in [0.15, 0.2) is 0 Å². The van der Waals surface area contributed by atoms with Crippen LogP contribution in [-0.4, -0.2) is 39.7 Å². The Morgan fingerprint density at radius 2 is 1.91 bits per heavy atom. The van der Waals surface area contributed by atoms with E-state index < -0.39 is 9.84 Å². The number of imidazole rings is 1. The third-order valence-electron chi connectivity index (χ3n) is 5.14. The van der Waals surface area contributed by atoms with Crippen LogP contribution >= 0.6 is 0 Å². The van der Waals surface area contributed by atoms with Crippen molar-refractivity contribution in [3.05, 3.63) is 89.2 Å². The Morgan fingerprint density at radius 1 is 1.03 bits per heavy atom. The van der Waals surface area contributed by atoms with Crippen LogP contribution < -0.4 is 10.3 Å². The molecule has 0 aliphatic carbocycles. The van der Waals surface area contributed by atoms with Crippen molar-refractivity contribution in [1.82, 2.24) is 24.1 Å². The quantitative estimate of drug-likeness (QED) is 0.407. The van der Waals surface area contributed by atoms with Gasteiger partial charge in [0.2, 0.25) is 15.7 Å². The molecule has 160 valence electrons. The zero-order valence-electron chi connectivity index (χ0n) is 16.9. The first-order valence-electron chi connectivity index (χ1n) is 9.63. The van der Waals surface area contributed by atoms with Crippen LogP contribution in [0.5, 0.6) is 5.88 Å². The molecule has 0 unspecified atom stereocenters. The van der Waals surface area contributed by atoms with Crippen LogP contribution in [0.4, 0.5) is 0 Å². The first-order chi connectivity index (χ1) is 15.5. The number of rotatable bonds is 5. The molecular weight excluding hydrogens is 430 g/mol. The van der Waals surface area contributed by atoms with E-state index in [-0.39, 0.29) is 22.0 Å². The van der Waals surface area contributed by atoms with Crippen molar-refractivity contribution in [2.75, 3.05) is 7.11 Å². The second-order valence-electron chi connectivity index (χ2n) is 7.09. The highest BCUT2D eigenvalue weighted by Gasteiger charge is 2.21. The van der Waals surface area contributed by atoms with Gasteiger partial charge in [-0.1, -0.05) is 12.1 Å². The van der Waals surface area contributed by atoms with Crippen LogP contribution in [0.1, 0.15) is 5.56 Å². The van der Waals surface area contributed by atoms with Crippen molar-refractivity contribution in [2.24, 2.45) is 0 Å². The molecule has 0 fully saturated rings. The second kappa shape index (κ2) is 7.57. The molecule has 5 aromatic rings. The highest BCUT2D eigenvalue weighted by Crippen LogP contribution is 2.24. The number of hydrogen-bond donors (Lipinski definition) is 0. The molecule has 0 spiro atoms. The summed E-state index contributed by atoms with van der Waals surface area (Å²) in [5.41, 5.74) is 0.996. The summed E-state index contributed by atoms with van der Waals surface area (Å²) in [6.07, 6.45) is 6.24. The van der Waals surface area contributed by atoms with Gasteiger partial charge in [-0.15, -0.1) is 0 Å². The molecule has 0 amide bonds. The van der Waals surface area contributed by atoms with E-state index in [1.807, 2.05) is 0 Å². The molecule has 0 aliphatic heterocycles. The predicted octanol–water partition coefficient (Wildman–Crippen LogP) is 2.33. The summed E-state index contributed by atoms with van der Waals surface area (Å²) in [5, 5.41) is 5.13. The average molecular weight is 447 g/mol. The van der Waals surface area contributed by atoms with E-state index in [0.717, 1.165) is 5.56 Å². The summed E-state index contributed by atoms with van der Waals surface area (Å²) in [5.74, 6) is 0.479. The van der Waals surface area contributed by atoms with E-state index >= 15 is 0 Å². The maximum Gasteiger partial charge on any atom is 0.274 e. The summed E-state index contributed by atoms with van der Waals surface area (Å²) in [7, 11) is -2.31. The van der Waals surface area contributed by atoms with E-state index in [1.165, 1.54) is 46.7 Å². The molecule has 4 aromatic heterocycles. The SMILES string of the molecule is COc1ccc(Cn2ncc3cc(S(=O)(=O)c4cccc5nccn45)ccc3c2=O)cn1. The Morgan fingerprint density at radius 3 is 2.69 bits per heavy atom. The number of fused-ring (bicyclic) bond motifs is 2. The standard InChI is InChI=1S/C22H17N5O4S/c1-31-20-8-5-15(12-24-20)14-27-22(28)18-7-6-17(11-16(18)13-25-27)32(29,30)21-4-2-3-19-23-9-10-26(19)21/h2-13H,14H2,1H3. The highest BCUT2D eigenvalue weighted by atomic mass is 32.2.